The zero-order valence-electron chi connectivity index (χ0n) is 15.3. The Balaban J connectivity index is 1.65. The van der Waals surface area contributed by atoms with Gasteiger partial charge in [0.15, 0.2) is 0 Å². The third-order valence-electron chi connectivity index (χ3n) is 5.00. The van der Waals surface area contributed by atoms with E-state index in [1.165, 1.54) is 9.87 Å². The molecule has 0 bridgehead atoms. The van der Waals surface area contributed by atoms with E-state index < -0.39 is 10.0 Å². The van der Waals surface area contributed by atoms with Crippen molar-refractivity contribution in [1.82, 2.24) is 4.98 Å². The third-order valence-corrected chi connectivity index (χ3v) is 6.82. The molecule has 4 rings (SSSR count). The van der Waals surface area contributed by atoms with Crippen LogP contribution in [0.2, 0.25) is 0 Å². The Morgan fingerprint density at radius 3 is 2.41 bits per heavy atom. The van der Waals surface area contributed by atoms with Crippen LogP contribution in [0.4, 0.5) is 5.69 Å². The van der Waals surface area contributed by atoms with E-state index in [0.717, 1.165) is 41.6 Å². The van der Waals surface area contributed by atoms with Crippen LogP contribution in [0.15, 0.2) is 71.9 Å². The van der Waals surface area contributed by atoms with Crippen molar-refractivity contribution in [3.8, 4) is 11.1 Å². The average molecular weight is 378 g/mol. The maximum atomic E-state index is 13.1. The molecule has 1 aliphatic heterocycles. The fourth-order valence-corrected chi connectivity index (χ4v) is 5.09. The molecule has 0 amide bonds. The quantitative estimate of drug-likeness (QED) is 0.659. The lowest BCUT2D eigenvalue weighted by Gasteiger charge is -2.20. The smallest absolute Gasteiger partial charge is 0.264 e. The van der Waals surface area contributed by atoms with Gasteiger partial charge in [-0.2, -0.15) is 0 Å². The summed E-state index contributed by atoms with van der Waals surface area (Å²) in [6.07, 6.45) is 6.26. The van der Waals surface area contributed by atoms with Crippen molar-refractivity contribution in [2.24, 2.45) is 0 Å². The first kappa shape index (κ1) is 17.7. The van der Waals surface area contributed by atoms with E-state index in [1.54, 1.807) is 24.5 Å². The maximum absolute atomic E-state index is 13.1. The average Bonchev–Trinajstić information content (AvgIpc) is 3.13. The molecule has 27 heavy (non-hydrogen) atoms. The number of sulfonamides is 1. The Hall–Kier alpha value is -2.66. The van der Waals surface area contributed by atoms with E-state index in [-0.39, 0.29) is 0 Å². The molecule has 1 aromatic heterocycles. The van der Waals surface area contributed by atoms with Crippen LogP contribution >= 0.6 is 0 Å². The minimum Gasteiger partial charge on any atom is -0.266 e. The number of rotatable bonds is 5. The molecule has 3 aromatic rings. The van der Waals surface area contributed by atoms with Crippen LogP contribution in [0, 0.1) is 0 Å². The van der Waals surface area contributed by atoms with Crippen molar-refractivity contribution in [3.63, 3.8) is 0 Å². The van der Waals surface area contributed by atoms with Crippen molar-refractivity contribution in [2.75, 3.05) is 10.8 Å². The van der Waals surface area contributed by atoms with E-state index in [2.05, 4.69) is 18.0 Å². The van der Waals surface area contributed by atoms with Crippen LogP contribution < -0.4 is 4.31 Å². The number of fused-ring (bicyclic) bond motifs is 1. The van der Waals surface area contributed by atoms with Crippen molar-refractivity contribution in [2.45, 2.75) is 31.1 Å². The van der Waals surface area contributed by atoms with Gasteiger partial charge in [-0.1, -0.05) is 31.5 Å². The number of benzene rings is 2. The monoisotopic (exact) mass is 378 g/mol. The van der Waals surface area contributed by atoms with Crippen molar-refractivity contribution < 1.29 is 8.42 Å². The Morgan fingerprint density at radius 1 is 0.963 bits per heavy atom. The molecular weight excluding hydrogens is 356 g/mol. The zero-order valence-corrected chi connectivity index (χ0v) is 16.1. The molecule has 0 atom stereocenters. The molecule has 0 saturated carbocycles. The van der Waals surface area contributed by atoms with E-state index in [9.17, 15) is 8.42 Å². The Kier molecular flexibility index (Phi) is 4.70. The summed E-state index contributed by atoms with van der Waals surface area (Å²) in [7, 11) is -3.54. The van der Waals surface area contributed by atoms with E-state index in [0.29, 0.717) is 11.4 Å². The molecule has 138 valence electrons. The lowest BCUT2D eigenvalue weighted by Crippen LogP contribution is -2.29. The number of hydrogen-bond acceptors (Lipinski definition) is 3. The van der Waals surface area contributed by atoms with Gasteiger partial charge in [-0.25, -0.2) is 8.42 Å². The number of pyridine rings is 1. The SMILES string of the molecule is CCCc1ccc(S(=O)(=O)N2CCc3cc(-c4ccncc4)ccc32)cc1. The Bertz CT molecular complexity index is 1050. The summed E-state index contributed by atoms with van der Waals surface area (Å²) in [5, 5.41) is 0. The largest absolute Gasteiger partial charge is 0.266 e. The van der Waals surface area contributed by atoms with Gasteiger partial charge in [0.2, 0.25) is 0 Å². The summed E-state index contributed by atoms with van der Waals surface area (Å²) < 4.78 is 27.8. The van der Waals surface area contributed by atoms with E-state index in [1.807, 2.05) is 36.4 Å². The van der Waals surface area contributed by atoms with Gasteiger partial charge in [0.1, 0.15) is 0 Å². The fraction of sp³-hybridized carbons (Fsp3) is 0.227. The van der Waals surface area contributed by atoms with Gasteiger partial charge in [0, 0.05) is 18.9 Å². The van der Waals surface area contributed by atoms with Crippen molar-refractivity contribution >= 4 is 15.7 Å². The minimum absolute atomic E-state index is 0.355. The predicted octanol–water partition coefficient (Wildman–Crippen LogP) is 4.45. The molecule has 0 N–H and O–H groups in total. The minimum atomic E-state index is -3.54. The van der Waals surface area contributed by atoms with Gasteiger partial charge >= 0.3 is 0 Å². The summed E-state index contributed by atoms with van der Waals surface area (Å²) in [5.74, 6) is 0. The van der Waals surface area contributed by atoms with Gasteiger partial charge in [0.05, 0.1) is 10.6 Å². The molecule has 0 saturated heterocycles. The van der Waals surface area contributed by atoms with Crippen molar-refractivity contribution in [1.29, 1.82) is 0 Å². The highest BCUT2D eigenvalue weighted by Gasteiger charge is 2.30. The van der Waals surface area contributed by atoms with Gasteiger partial charge < -0.3 is 0 Å². The molecule has 0 unspecified atom stereocenters. The number of anilines is 1. The number of nitrogens with zero attached hydrogens (tertiary/aromatic N) is 2. The van der Waals surface area contributed by atoms with Gasteiger partial charge in [-0.15, -0.1) is 0 Å². The normalized spacial score (nSPS) is 13.6. The summed E-state index contributed by atoms with van der Waals surface area (Å²) in [4.78, 5) is 4.41. The molecule has 2 aromatic carbocycles. The molecule has 0 fully saturated rings. The van der Waals surface area contributed by atoms with Crippen molar-refractivity contribution in [3.05, 3.63) is 78.1 Å². The van der Waals surface area contributed by atoms with Gasteiger partial charge in [0.25, 0.3) is 10.0 Å². The van der Waals surface area contributed by atoms with Crippen LogP contribution in [0.25, 0.3) is 11.1 Å². The highest BCUT2D eigenvalue weighted by molar-refractivity contribution is 7.92. The summed E-state index contributed by atoms with van der Waals surface area (Å²) in [6, 6.07) is 17.2. The number of hydrogen-bond donors (Lipinski definition) is 0. The van der Waals surface area contributed by atoms with Crippen LogP contribution in [0.1, 0.15) is 24.5 Å². The maximum Gasteiger partial charge on any atom is 0.264 e. The zero-order chi connectivity index (χ0) is 18.9. The molecule has 5 heteroatoms. The first-order valence-electron chi connectivity index (χ1n) is 9.24. The van der Waals surface area contributed by atoms with Gasteiger partial charge in [-0.3, -0.25) is 9.29 Å². The molecule has 1 aliphatic rings. The Labute approximate surface area is 160 Å². The molecule has 4 nitrogen and oxygen atoms in total. The molecular formula is C22H22N2O2S. The second-order valence-corrected chi connectivity index (χ2v) is 8.66. The van der Waals surface area contributed by atoms with Crippen LogP contribution in [0.5, 0.6) is 0 Å². The topological polar surface area (TPSA) is 50.3 Å². The number of aryl methyl sites for hydroxylation is 1. The summed E-state index contributed by atoms with van der Waals surface area (Å²) in [5.41, 5.74) is 5.18. The van der Waals surface area contributed by atoms with E-state index >= 15 is 0 Å². The molecule has 0 spiro atoms. The second-order valence-electron chi connectivity index (χ2n) is 6.80. The number of aromatic nitrogens is 1. The lowest BCUT2D eigenvalue weighted by atomic mass is 10.0. The van der Waals surface area contributed by atoms with E-state index in [4.69, 9.17) is 0 Å². The first-order valence-corrected chi connectivity index (χ1v) is 10.7. The lowest BCUT2D eigenvalue weighted by molar-refractivity contribution is 0.592. The second kappa shape index (κ2) is 7.16. The third kappa shape index (κ3) is 3.35. The molecule has 0 aliphatic carbocycles. The Morgan fingerprint density at radius 2 is 1.70 bits per heavy atom. The fourth-order valence-electron chi connectivity index (χ4n) is 3.59. The molecule has 2 heterocycles. The molecule has 0 radical (unpaired) electrons. The standard InChI is InChI=1S/C22H22N2O2S/c1-2-3-17-4-7-21(8-5-17)27(25,26)24-15-12-20-16-19(6-9-22(20)24)18-10-13-23-14-11-18/h4-11,13-14,16H,2-3,12,15H2,1H3. The van der Waals surface area contributed by atoms with Gasteiger partial charge in [-0.05, 0) is 71.5 Å². The first-order chi connectivity index (χ1) is 13.1. The van der Waals surface area contributed by atoms with Crippen LogP contribution in [0.3, 0.4) is 0 Å². The van der Waals surface area contributed by atoms with Crippen LogP contribution in [-0.2, 0) is 22.9 Å². The summed E-state index contributed by atoms with van der Waals surface area (Å²) >= 11 is 0. The highest BCUT2D eigenvalue weighted by atomic mass is 32.2. The summed E-state index contributed by atoms with van der Waals surface area (Å²) in [6.45, 7) is 2.60. The van der Waals surface area contributed by atoms with Crippen LogP contribution in [-0.4, -0.2) is 19.9 Å². The highest BCUT2D eigenvalue weighted by Crippen LogP contribution is 2.35. The predicted molar refractivity (Wildman–Crippen MR) is 108 cm³/mol.